The van der Waals surface area contributed by atoms with Crippen molar-refractivity contribution in [3.63, 3.8) is 0 Å². The molecule has 0 radical (unpaired) electrons. The molecule has 0 saturated carbocycles. The number of methoxy groups -OCH3 is 2. The maximum atomic E-state index is 8.16. The van der Waals surface area contributed by atoms with Crippen LogP contribution in [0.15, 0.2) is 84.4 Å². The fourth-order valence-corrected chi connectivity index (χ4v) is 4.55. The second kappa shape index (κ2) is 14.2. The maximum absolute atomic E-state index is 8.16. The number of nitrogens with one attached hydrogen (secondary N) is 2. The van der Waals surface area contributed by atoms with E-state index in [9.17, 15) is 0 Å². The Morgan fingerprint density at radius 3 is 1.90 bits per heavy atom. The van der Waals surface area contributed by atoms with Crippen LogP contribution in [-0.4, -0.2) is 67.0 Å². The Morgan fingerprint density at radius 2 is 1.33 bits per heavy atom. The van der Waals surface area contributed by atoms with Crippen molar-refractivity contribution in [1.29, 1.82) is 10.8 Å². The monoisotopic (exact) mass is 545 g/mol. The molecule has 10 heteroatoms. The van der Waals surface area contributed by atoms with E-state index in [0.29, 0.717) is 37.6 Å². The van der Waals surface area contributed by atoms with E-state index < -0.39 is 0 Å². The standard InChI is InChI=1S/C29H31N5O4S/c1-35-15-17-37-27(30)23-5-3-22(4-6-23)26-19-34(29(33-26)39-20-21-11-13-32-14-12-21)25-9-7-24(8-10-25)28(31)38-18-16-36-2/h3-14,19,30-31H,15-18,20H2,1-2H3. The van der Waals surface area contributed by atoms with Gasteiger partial charge in [-0.3, -0.25) is 20.4 Å². The van der Waals surface area contributed by atoms with Crippen molar-refractivity contribution in [2.45, 2.75) is 10.9 Å². The van der Waals surface area contributed by atoms with Crippen molar-refractivity contribution in [2.24, 2.45) is 0 Å². The molecular weight excluding hydrogens is 514 g/mol. The van der Waals surface area contributed by atoms with Crippen LogP contribution in [0, 0.1) is 10.8 Å². The minimum Gasteiger partial charge on any atom is -0.475 e. The zero-order valence-electron chi connectivity index (χ0n) is 21.9. The van der Waals surface area contributed by atoms with E-state index in [0.717, 1.165) is 33.4 Å². The van der Waals surface area contributed by atoms with Crippen molar-refractivity contribution < 1.29 is 18.9 Å². The van der Waals surface area contributed by atoms with Gasteiger partial charge < -0.3 is 18.9 Å². The zero-order valence-corrected chi connectivity index (χ0v) is 22.7. The van der Waals surface area contributed by atoms with E-state index in [1.165, 1.54) is 0 Å². The number of ether oxygens (including phenoxy) is 4. The van der Waals surface area contributed by atoms with Gasteiger partial charge in [0.15, 0.2) is 5.16 Å². The molecule has 0 amide bonds. The molecule has 2 N–H and O–H groups in total. The molecular formula is C29H31N5O4S. The van der Waals surface area contributed by atoms with Crippen molar-refractivity contribution in [2.75, 3.05) is 40.6 Å². The van der Waals surface area contributed by atoms with Crippen LogP contribution in [0.25, 0.3) is 16.9 Å². The average Bonchev–Trinajstić information content (AvgIpc) is 3.41. The Morgan fingerprint density at radius 1 is 0.769 bits per heavy atom. The van der Waals surface area contributed by atoms with E-state index >= 15 is 0 Å². The molecule has 0 aliphatic heterocycles. The van der Waals surface area contributed by atoms with E-state index in [1.807, 2.05) is 71.4 Å². The number of benzene rings is 2. The van der Waals surface area contributed by atoms with Gasteiger partial charge in [-0.15, -0.1) is 0 Å². The molecule has 39 heavy (non-hydrogen) atoms. The normalized spacial score (nSPS) is 10.8. The van der Waals surface area contributed by atoms with Gasteiger partial charge in [0.1, 0.15) is 13.2 Å². The van der Waals surface area contributed by atoms with Gasteiger partial charge in [-0.1, -0.05) is 23.9 Å². The molecule has 4 aromatic rings. The molecule has 202 valence electrons. The summed E-state index contributed by atoms with van der Waals surface area (Å²) in [5.41, 5.74) is 5.19. The fraction of sp³-hybridized carbons (Fsp3) is 0.241. The maximum Gasteiger partial charge on any atom is 0.213 e. The van der Waals surface area contributed by atoms with Crippen molar-refractivity contribution >= 4 is 23.6 Å². The van der Waals surface area contributed by atoms with Crippen LogP contribution in [0.2, 0.25) is 0 Å². The summed E-state index contributed by atoms with van der Waals surface area (Å²) in [5.74, 6) is 0.952. The Kier molecular flexibility index (Phi) is 10.2. The molecule has 2 aromatic heterocycles. The average molecular weight is 546 g/mol. The van der Waals surface area contributed by atoms with Gasteiger partial charge in [0, 0.05) is 60.9 Å². The number of pyridine rings is 1. The van der Waals surface area contributed by atoms with Gasteiger partial charge >= 0.3 is 0 Å². The summed E-state index contributed by atoms with van der Waals surface area (Å²) in [6.45, 7) is 1.52. The smallest absolute Gasteiger partial charge is 0.213 e. The van der Waals surface area contributed by atoms with Gasteiger partial charge in [-0.2, -0.15) is 0 Å². The second-order valence-corrected chi connectivity index (χ2v) is 9.33. The number of imidazole rings is 1. The Labute approximate surface area is 232 Å². The van der Waals surface area contributed by atoms with Crippen LogP contribution in [0.5, 0.6) is 0 Å². The first kappa shape index (κ1) is 28.0. The molecule has 0 fully saturated rings. The van der Waals surface area contributed by atoms with Crippen molar-refractivity contribution in [3.05, 3.63) is 95.9 Å². The lowest BCUT2D eigenvalue weighted by molar-refractivity contribution is 0.141. The Hall–Kier alpha value is -3.99. The number of hydrogen-bond acceptors (Lipinski definition) is 9. The van der Waals surface area contributed by atoms with Gasteiger partial charge in [0.2, 0.25) is 11.8 Å². The number of hydrogen-bond donors (Lipinski definition) is 2. The summed E-state index contributed by atoms with van der Waals surface area (Å²) in [7, 11) is 3.20. The van der Waals surface area contributed by atoms with E-state index in [4.69, 9.17) is 34.7 Å². The van der Waals surface area contributed by atoms with Crippen LogP contribution in [0.1, 0.15) is 16.7 Å². The van der Waals surface area contributed by atoms with Crippen molar-refractivity contribution in [3.8, 4) is 16.9 Å². The molecule has 0 spiro atoms. The second-order valence-electron chi connectivity index (χ2n) is 8.39. The van der Waals surface area contributed by atoms with E-state index in [2.05, 4.69) is 4.98 Å². The van der Waals surface area contributed by atoms with Crippen LogP contribution in [-0.2, 0) is 24.7 Å². The minimum atomic E-state index is 0.106. The summed E-state index contributed by atoms with van der Waals surface area (Å²) in [5, 5.41) is 17.1. The van der Waals surface area contributed by atoms with Crippen LogP contribution < -0.4 is 0 Å². The first-order valence-corrected chi connectivity index (χ1v) is 13.3. The Balaban J connectivity index is 1.57. The summed E-state index contributed by atoms with van der Waals surface area (Å²) in [6.07, 6.45) is 5.57. The summed E-state index contributed by atoms with van der Waals surface area (Å²) in [4.78, 5) is 9.04. The van der Waals surface area contributed by atoms with Gasteiger partial charge in [0.25, 0.3) is 0 Å². The summed E-state index contributed by atoms with van der Waals surface area (Å²) >= 11 is 1.63. The molecule has 2 heterocycles. The van der Waals surface area contributed by atoms with Gasteiger partial charge in [-0.25, -0.2) is 4.98 Å². The minimum absolute atomic E-state index is 0.106. The molecule has 0 atom stereocenters. The Bertz CT molecular complexity index is 1360. The number of thioether (sulfide) groups is 1. The predicted octanol–water partition coefficient (Wildman–Crippen LogP) is 5.20. The molecule has 0 aliphatic carbocycles. The molecule has 9 nitrogen and oxygen atoms in total. The van der Waals surface area contributed by atoms with Gasteiger partial charge in [-0.05, 0) is 54.1 Å². The first-order valence-electron chi connectivity index (χ1n) is 12.3. The molecule has 0 saturated heterocycles. The highest BCUT2D eigenvalue weighted by Crippen LogP contribution is 2.29. The van der Waals surface area contributed by atoms with Crippen molar-refractivity contribution in [1.82, 2.24) is 14.5 Å². The fourth-order valence-electron chi connectivity index (χ4n) is 3.60. The highest BCUT2D eigenvalue weighted by Gasteiger charge is 2.14. The first-order chi connectivity index (χ1) is 19.1. The lowest BCUT2D eigenvalue weighted by Crippen LogP contribution is -2.10. The quantitative estimate of drug-likeness (QED) is 0.103. The highest BCUT2D eigenvalue weighted by atomic mass is 32.2. The van der Waals surface area contributed by atoms with E-state index in [1.54, 1.807) is 38.4 Å². The predicted molar refractivity (Wildman–Crippen MR) is 152 cm³/mol. The summed E-state index contributed by atoms with van der Waals surface area (Å²) in [6, 6.07) is 19.2. The summed E-state index contributed by atoms with van der Waals surface area (Å²) < 4.78 is 22.9. The number of rotatable bonds is 13. The largest absolute Gasteiger partial charge is 0.475 e. The molecule has 4 rings (SSSR count). The molecule has 0 unspecified atom stereocenters. The lowest BCUT2D eigenvalue weighted by atomic mass is 10.1. The van der Waals surface area contributed by atoms with Gasteiger partial charge in [0.05, 0.1) is 18.9 Å². The highest BCUT2D eigenvalue weighted by molar-refractivity contribution is 7.98. The third kappa shape index (κ3) is 7.76. The third-order valence-electron chi connectivity index (χ3n) is 5.71. The third-order valence-corrected chi connectivity index (χ3v) is 6.73. The van der Waals surface area contributed by atoms with Crippen LogP contribution >= 0.6 is 11.8 Å². The molecule has 2 aromatic carbocycles. The zero-order chi connectivity index (χ0) is 27.5. The number of nitrogens with zero attached hydrogens (tertiary/aromatic N) is 3. The molecule has 0 bridgehead atoms. The lowest BCUT2D eigenvalue weighted by Gasteiger charge is -2.10. The molecule has 0 aliphatic rings. The SMILES string of the molecule is COCCOC(=N)c1ccc(-c2cn(-c3ccc(C(=N)OCCOC)cc3)c(SCc3ccncc3)n2)cc1. The van der Waals surface area contributed by atoms with Crippen LogP contribution in [0.3, 0.4) is 0 Å². The number of aromatic nitrogens is 3. The van der Waals surface area contributed by atoms with Crippen LogP contribution in [0.4, 0.5) is 0 Å². The van der Waals surface area contributed by atoms with E-state index in [-0.39, 0.29) is 11.8 Å². The topological polar surface area (TPSA) is 115 Å².